The molecule has 0 fully saturated rings. The van der Waals surface area contributed by atoms with Crippen molar-refractivity contribution in [2.75, 3.05) is 24.5 Å². The lowest BCUT2D eigenvalue weighted by Crippen LogP contribution is -2.29. The zero-order chi connectivity index (χ0) is 8.10. The molecule has 0 bridgehead atoms. The van der Waals surface area contributed by atoms with Crippen molar-refractivity contribution in [3.63, 3.8) is 0 Å². The molecule has 0 aromatic carbocycles. The van der Waals surface area contributed by atoms with Crippen molar-refractivity contribution in [3.8, 4) is 0 Å². The monoisotopic (exact) mass is 154 g/mol. The number of aromatic nitrogens is 2. The number of aromatic amines is 1. The second-order valence-electron chi connectivity index (χ2n) is 2.28. The van der Waals surface area contributed by atoms with Crippen LogP contribution in [0.3, 0.4) is 0 Å². The highest BCUT2D eigenvalue weighted by molar-refractivity contribution is 5.28. The molecule has 0 saturated heterocycles. The Bertz CT molecular complexity index is 182. The first-order valence-corrected chi connectivity index (χ1v) is 3.83. The summed E-state index contributed by atoms with van der Waals surface area (Å²) < 4.78 is 0. The number of nitrogens with one attached hydrogen (secondary N) is 1. The minimum atomic E-state index is 0.661. The molecule has 0 aliphatic heterocycles. The van der Waals surface area contributed by atoms with Crippen LogP contribution in [-0.4, -0.2) is 29.6 Å². The second-order valence-corrected chi connectivity index (χ2v) is 2.28. The standard InChI is InChI=1S/C7H14N4/c1-2-11(6-3-8)7-9-4-5-10-7/h4-5H,2-3,6,8H2,1H3,(H,9,10). The van der Waals surface area contributed by atoms with Gasteiger partial charge < -0.3 is 15.6 Å². The Labute approximate surface area is 66.4 Å². The maximum absolute atomic E-state index is 5.43. The molecule has 1 aromatic rings. The third-order valence-electron chi connectivity index (χ3n) is 1.56. The molecule has 0 amide bonds. The van der Waals surface area contributed by atoms with Crippen LogP contribution in [0.2, 0.25) is 0 Å². The Morgan fingerprint density at radius 2 is 2.55 bits per heavy atom. The number of nitrogens with zero attached hydrogens (tertiary/aromatic N) is 2. The van der Waals surface area contributed by atoms with Crippen molar-refractivity contribution in [2.45, 2.75) is 6.92 Å². The van der Waals surface area contributed by atoms with E-state index in [1.807, 2.05) is 6.20 Å². The fourth-order valence-corrected chi connectivity index (χ4v) is 0.999. The molecular formula is C7H14N4. The largest absolute Gasteiger partial charge is 0.341 e. The van der Waals surface area contributed by atoms with Crippen LogP contribution in [0.25, 0.3) is 0 Å². The molecule has 62 valence electrons. The average molecular weight is 154 g/mol. The topological polar surface area (TPSA) is 57.9 Å². The van der Waals surface area contributed by atoms with Crippen LogP contribution in [-0.2, 0) is 0 Å². The molecule has 0 radical (unpaired) electrons. The van der Waals surface area contributed by atoms with Crippen LogP contribution in [0.1, 0.15) is 6.92 Å². The lowest BCUT2D eigenvalue weighted by atomic mass is 10.5. The van der Waals surface area contributed by atoms with Crippen molar-refractivity contribution in [2.24, 2.45) is 5.73 Å². The molecule has 1 rings (SSSR count). The van der Waals surface area contributed by atoms with Crippen LogP contribution < -0.4 is 10.6 Å². The summed E-state index contributed by atoms with van der Waals surface area (Å²) in [6, 6.07) is 0. The van der Waals surface area contributed by atoms with Gasteiger partial charge in [0.1, 0.15) is 0 Å². The van der Waals surface area contributed by atoms with Crippen molar-refractivity contribution in [1.82, 2.24) is 9.97 Å². The zero-order valence-electron chi connectivity index (χ0n) is 6.75. The number of hydrogen-bond acceptors (Lipinski definition) is 3. The van der Waals surface area contributed by atoms with Gasteiger partial charge in [-0.15, -0.1) is 0 Å². The first-order chi connectivity index (χ1) is 5.38. The van der Waals surface area contributed by atoms with Gasteiger partial charge in [0, 0.05) is 32.0 Å². The highest BCUT2D eigenvalue weighted by Crippen LogP contribution is 2.03. The second kappa shape index (κ2) is 3.98. The third kappa shape index (κ3) is 1.94. The molecule has 4 heteroatoms. The van der Waals surface area contributed by atoms with Gasteiger partial charge in [-0.05, 0) is 6.92 Å². The third-order valence-corrected chi connectivity index (χ3v) is 1.56. The summed E-state index contributed by atoms with van der Waals surface area (Å²) in [7, 11) is 0. The highest BCUT2D eigenvalue weighted by Gasteiger charge is 2.02. The van der Waals surface area contributed by atoms with Gasteiger partial charge in [0.25, 0.3) is 0 Å². The number of hydrogen-bond donors (Lipinski definition) is 2. The smallest absolute Gasteiger partial charge is 0.202 e. The number of rotatable bonds is 4. The summed E-state index contributed by atoms with van der Waals surface area (Å²) in [6.45, 7) is 4.53. The predicted molar refractivity (Wildman–Crippen MR) is 45.5 cm³/mol. The maximum atomic E-state index is 5.43. The van der Waals surface area contributed by atoms with E-state index in [9.17, 15) is 0 Å². The van der Waals surface area contributed by atoms with E-state index in [0.29, 0.717) is 6.54 Å². The minimum Gasteiger partial charge on any atom is -0.341 e. The first-order valence-electron chi connectivity index (χ1n) is 3.83. The number of likely N-dealkylation sites (N-methyl/N-ethyl adjacent to an activating group) is 1. The van der Waals surface area contributed by atoms with Gasteiger partial charge in [-0.1, -0.05) is 0 Å². The van der Waals surface area contributed by atoms with Crippen LogP contribution in [0.15, 0.2) is 12.4 Å². The molecule has 1 aromatic heterocycles. The van der Waals surface area contributed by atoms with E-state index in [4.69, 9.17) is 5.73 Å². The van der Waals surface area contributed by atoms with Crippen molar-refractivity contribution in [3.05, 3.63) is 12.4 Å². The molecule has 0 unspecified atom stereocenters. The summed E-state index contributed by atoms with van der Waals surface area (Å²) in [5, 5.41) is 0. The molecule has 0 atom stereocenters. The molecular weight excluding hydrogens is 140 g/mol. The summed E-state index contributed by atoms with van der Waals surface area (Å²) in [6.07, 6.45) is 3.56. The van der Waals surface area contributed by atoms with Gasteiger partial charge in [0.15, 0.2) is 0 Å². The van der Waals surface area contributed by atoms with Crippen molar-refractivity contribution in [1.29, 1.82) is 0 Å². The lowest BCUT2D eigenvalue weighted by Gasteiger charge is -2.18. The summed E-state index contributed by atoms with van der Waals surface area (Å²) in [5.74, 6) is 0.901. The number of nitrogens with two attached hydrogens (primary N) is 1. The summed E-state index contributed by atoms with van der Waals surface area (Å²) in [5.41, 5.74) is 5.43. The van der Waals surface area contributed by atoms with E-state index in [1.54, 1.807) is 6.20 Å². The highest BCUT2D eigenvalue weighted by atomic mass is 15.2. The fraction of sp³-hybridized carbons (Fsp3) is 0.571. The molecule has 11 heavy (non-hydrogen) atoms. The quantitative estimate of drug-likeness (QED) is 0.651. The van der Waals surface area contributed by atoms with E-state index < -0.39 is 0 Å². The van der Waals surface area contributed by atoms with Crippen molar-refractivity contribution < 1.29 is 0 Å². The molecule has 3 N–H and O–H groups in total. The van der Waals surface area contributed by atoms with Gasteiger partial charge >= 0.3 is 0 Å². The Balaban J connectivity index is 2.56. The molecule has 1 heterocycles. The Morgan fingerprint density at radius 1 is 1.73 bits per heavy atom. The van der Waals surface area contributed by atoms with E-state index in [0.717, 1.165) is 19.0 Å². The Hall–Kier alpha value is -1.03. The fourth-order valence-electron chi connectivity index (χ4n) is 0.999. The van der Waals surface area contributed by atoms with Crippen LogP contribution >= 0.6 is 0 Å². The Kier molecular flexibility index (Phi) is 2.92. The number of imidazole rings is 1. The van der Waals surface area contributed by atoms with Gasteiger partial charge in [0.05, 0.1) is 0 Å². The van der Waals surface area contributed by atoms with Crippen LogP contribution in [0.5, 0.6) is 0 Å². The van der Waals surface area contributed by atoms with Gasteiger partial charge in [-0.25, -0.2) is 4.98 Å². The first kappa shape index (κ1) is 8.07. The SMILES string of the molecule is CCN(CCN)c1ncc[nH]1. The van der Waals surface area contributed by atoms with Crippen molar-refractivity contribution >= 4 is 5.95 Å². The molecule has 0 spiro atoms. The van der Waals surface area contributed by atoms with Crippen LogP contribution in [0, 0.1) is 0 Å². The summed E-state index contributed by atoms with van der Waals surface area (Å²) in [4.78, 5) is 9.25. The molecule has 0 aliphatic rings. The molecule has 0 aliphatic carbocycles. The van der Waals surface area contributed by atoms with E-state index in [-0.39, 0.29) is 0 Å². The zero-order valence-corrected chi connectivity index (χ0v) is 6.75. The van der Waals surface area contributed by atoms with E-state index in [2.05, 4.69) is 21.8 Å². The van der Waals surface area contributed by atoms with Crippen LogP contribution in [0.4, 0.5) is 5.95 Å². The Morgan fingerprint density at radius 3 is 3.00 bits per heavy atom. The normalized spacial score (nSPS) is 10.0. The van der Waals surface area contributed by atoms with E-state index >= 15 is 0 Å². The maximum Gasteiger partial charge on any atom is 0.202 e. The lowest BCUT2D eigenvalue weighted by molar-refractivity contribution is 0.791. The predicted octanol–water partition coefficient (Wildman–Crippen LogP) is 0.195. The van der Waals surface area contributed by atoms with E-state index in [1.165, 1.54) is 0 Å². The average Bonchev–Trinajstić information content (AvgIpc) is 2.52. The van der Waals surface area contributed by atoms with Gasteiger partial charge in [0.2, 0.25) is 5.95 Å². The molecule has 0 saturated carbocycles. The number of anilines is 1. The minimum absolute atomic E-state index is 0.661. The number of H-pyrrole nitrogens is 1. The molecule has 4 nitrogen and oxygen atoms in total. The summed E-state index contributed by atoms with van der Waals surface area (Å²) >= 11 is 0. The van der Waals surface area contributed by atoms with Gasteiger partial charge in [-0.3, -0.25) is 0 Å². The van der Waals surface area contributed by atoms with Gasteiger partial charge in [-0.2, -0.15) is 0 Å².